The molecule has 0 fully saturated rings. The SMILES string of the molecule is CC(C)Oc1cc(F)[c]c(F)c1. The van der Waals surface area contributed by atoms with E-state index in [1.807, 2.05) is 6.07 Å². The van der Waals surface area contributed by atoms with Gasteiger partial charge < -0.3 is 4.74 Å². The molecule has 0 amide bonds. The minimum Gasteiger partial charge on any atom is -0.491 e. The topological polar surface area (TPSA) is 9.23 Å². The number of hydrogen-bond donors (Lipinski definition) is 0. The van der Waals surface area contributed by atoms with Crippen molar-refractivity contribution in [2.75, 3.05) is 0 Å². The zero-order valence-corrected chi connectivity index (χ0v) is 6.90. The predicted molar refractivity (Wildman–Crippen MR) is 41.0 cm³/mol. The maximum atomic E-state index is 12.5. The quantitative estimate of drug-likeness (QED) is 0.664. The molecular formula is C9H9F2O. The van der Waals surface area contributed by atoms with Crippen molar-refractivity contribution < 1.29 is 13.5 Å². The summed E-state index contributed by atoms with van der Waals surface area (Å²) >= 11 is 0. The molecule has 1 nitrogen and oxygen atoms in total. The van der Waals surface area contributed by atoms with Gasteiger partial charge in [-0.05, 0) is 13.8 Å². The van der Waals surface area contributed by atoms with Crippen molar-refractivity contribution in [3.05, 3.63) is 29.8 Å². The summed E-state index contributed by atoms with van der Waals surface area (Å²) in [5, 5.41) is 0. The fraction of sp³-hybridized carbons (Fsp3) is 0.333. The second kappa shape index (κ2) is 3.52. The Balaban J connectivity index is 2.85. The van der Waals surface area contributed by atoms with Crippen LogP contribution in [0.5, 0.6) is 5.75 Å². The molecule has 1 rings (SSSR count). The maximum Gasteiger partial charge on any atom is 0.137 e. The van der Waals surface area contributed by atoms with Gasteiger partial charge in [-0.25, -0.2) is 8.78 Å². The van der Waals surface area contributed by atoms with E-state index in [1.54, 1.807) is 13.8 Å². The van der Waals surface area contributed by atoms with E-state index < -0.39 is 11.6 Å². The Morgan fingerprint density at radius 3 is 2.17 bits per heavy atom. The van der Waals surface area contributed by atoms with Crippen molar-refractivity contribution >= 4 is 0 Å². The van der Waals surface area contributed by atoms with Crippen molar-refractivity contribution in [2.24, 2.45) is 0 Å². The number of ether oxygens (including phenoxy) is 1. The Morgan fingerprint density at radius 1 is 1.25 bits per heavy atom. The van der Waals surface area contributed by atoms with Crippen LogP contribution in [0.3, 0.4) is 0 Å². The van der Waals surface area contributed by atoms with Gasteiger partial charge in [-0.3, -0.25) is 0 Å². The Morgan fingerprint density at radius 2 is 1.75 bits per heavy atom. The molecule has 1 radical (unpaired) electrons. The van der Waals surface area contributed by atoms with Crippen LogP contribution in [0.2, 0.25) is 0 Å². The van der Waals surface area contributed by atoms with Gasteiger partial charge in [-0.15, -0.1) is 0 Å². The highest BCUT2D eigenvalue weighted by atomic mass is 19.1. The molecule has 0 aliphatic carbocycles. The molecule has 1 aromatic rings. The Bertz CT molecular complexity index is 251. The summed E-state index contributed by atoms with van der Waals surface area (Å²) in [6, 6.07) is 4.07. The second-order valence-electron chi connectivity index (χ2n) is 2.68. The molecule has 12 heavy (non-hydrogen) atoms. The smallest absolute Gasteiger partial charge is 0.137 e. The molecule has 0 heterocycles. The van der Waals surface area contributed by atoms with Crippen LogP contribution in [-0.2, 0) is 0 Å². The first kappa shape index (κ1) is 8.97. The second-order valence-corrected chi connectivity index (χ2v) is 2.68. The van der Waals surface area contributed by atoms with E-state index in [0.29, 0.717) is 0 Å². The Hall–Kier alpha value is -1.12. The van der Waals surface area contributed by atoms with E-state index in [0.717, 1.165) is 12.1 Å². The van der Waals surface area contributed by atoms with Crippen LogP contribution in [0.15, 0.2) is 12.1 Å². The lowest BCUT2D eigenvalue weighted by atomic mass is 10.3. The lowest BCUT2D eigenvalue weighted by Crippen LogP contribution is -2.05. The van der Waals surface area contributed by atoms with E-state index in [2.05, 4.69) is 0 Å². The van der Waals surface area contributed by atoms with Crippen LogP contribution in [0.25, 0.3) is 0 Å². The van der Waals surface area contributed by atoms with Crippen molar-refractivity contribution in [1.82, 2.24) is 0 Å². The fourth-order valence-electron chi connectivity index (χ4n) is 0.818. The fourth-order valence-corrected chi connectivity index (χ4v) is 0.818. The van der Waals surface area contributed by atoms with Gasteiger partial charge in [-0.1, -0.05) is 0 Å². The Kier molecular flexibility index (Phi) is 2.63. The third kappa shape index (κ3) is 2.49. The summed E-state index contributed by atoms with van der Waals surface area (Å²) in [6.07, 6.45) is -0.0915. The summed E-state index contributed by atoms with van der Waals surface area (Å²) in [4.78, 5) is 0. The number of benzene rings is 1. The summed E-state index contributed by atoms with van der Waals surface area (Å²) in [6.45, 7) is 3.57. The zero-order chi connectivity index (χ0) is 9.14. The highest BCUT2D eigenvalue weighted by molar-refractivity contribution is 5.23. The molecule has 0 N–H and O–H groups in total. The molecule has 0 aliphatic heterocycles. The molecule has 1 aromatic carbocycles. The van der Waals surface area contributed by atoms with Gasteiger partial charge in [0.2, 0.25) is 0 Å². The largest absolute Gasteiger partial charge is 0.491 e. The average molecular weight is 171 g/mol. The van der Waals surface area contributed by atoms with E-state index in [4.69, 9.17) is 4.74 Å². The Labute approximate surface area is 70.0 Å². The highest BCUT2D eigenvalue weighted by Crippen LogP contribution is 2.15. The van der Waals surface area contributed by atoms with Gasteiger partial charge in [0.25, 0.3) is 0 Å². The summed E-state index contributed by atoms with van der Waals surface area (Å²) < 4.78 is 30.1. The van der Waals surface area contributed by atoms with Crippen LogP contribution in [0.4, 0.5) is 8.78 Å². The molecule has 0 spiro atoms. The van der Waals surface area contributed by atoms with Gasteiger partial charge in [0.05, 0.1) is 12.2 Å². The number of hydrogen-bond acceptors (Lipinski definition) is 1. The van der Waals surface area contributed by atoms with Crippen molar-refractivity contribution in [3.8, 4) is 5.75 Å². The van der Waals surface area contributed by atoms with Gasteiger partial charge in [0, 0.05) is 12.1 Å². The van der Waals surface area contributed by atoms with E-state index >= 15 is 0 Å². The molecule has 0 saturated carbocycles. The zero-order valence-electron chi connectivity index (χ0n) is 6.90. The first-order chi connectivity index (χ1) is 5.58. The summed E-state index contributed by atoms with van der Waals surface area (Å²) in [7, 11) is 0. The molecule has 0 atom stereocenters. The van der Waals surface area contributed by atoms with Gasteiger partial charge in [-0.2, -0.15) is 0 Å². The third-order valence-electron chi connectivity index (χ3n) is 1.15. The molecular weight excluding hydrogens is 162 g/mol. The van der Waals surface area contributed by atoms with Crippen LogP contribution in [0, 0.1) is 17.7 Å². The lowest BCUT2D eigenvalue weighted by Gasteiger charge is -2.08. The maximum absolute atomic E-state index is 12.5. The van der Waals surface area contributed by atoms with Crippen LogP contribution in [0.1, 0.15) is 13.8 Å². The first-order valence-corrected chi connectivity index (χ1v) is 3.63. The summed E-state index contributed by atoms with van der Waals surface area (Å²) in [5.74, 6) is -1.30. The van der Waals surface area contributed by atoms with Gasteiger partial charge >= 0.3 is 0 Å². The van der Waals surface area contributed by atoms with E-state index in [-0.39, 0.29) is 11.9 Å². The highest BCUT2D eigenvalue weighted by Gasteiger charge is 2.02. The predicted octanol–water partition coefficient (Wildman–Crippen LogP) is 2.55. The molecule has 0 saturated heterocycles. The van der Waals surface area contributed by atoms with Crippen molar-refractivity contribution in [1.29, 1.82) is 0 Å². The van der Waals surface area contributed by atoms with Crippen molar-refractivity contribution in [3.63, 3.8) is 0 Å². The molecule has 0 bridgehead atoms. The minimum atomic E-state index is -0.745. The normalized spacial score (nSPS) is 10.4. The molecule has 3 heteroatoms. The van der Waals surface area contributed by atoms with Crippen LogP contribution >= 0.6 is 0 Å². The molecule has 65 valence electrons. The van der Waals surface area contributed by atoms with Crippen LogP contribution in [-0.4, -0.2) is 6.10 Å². The number of rotatable bonds is 2. The van der Waals surface area contributed by atoms with Crippen LogP contribution < -0.4 is 4.74 Å². The third-order valence-corrected chi connectivity index (χ3v) is 1.15. The molecule has 0 unspecified atom stereocenters. The van der Waals surface area contributed by atoms with E-state index in [1.165, 1.54) is 0 Å². The number of halogens is 2. The average Bonchev–Trinajstić information content (AvgIpc) is 1.81. The minimum absolute atomic E-state index is 0.0915. The molecule has 0 aromatic heterocycles. The summed E-state index contributed by atoms with van der Waals surface area (Å²) in [5.41, 5.74) is 0. The van der Waals surface area contributed by atoms with Gasteiger partial charge in [0.15, 0.2) is 0 Å². The lowest BCUT2D eigenvalue weighted by molar-refractivity contribution is 0.240. The molecule has 0 aliphatic rings. The van der Waals surface area contributed by atoms with E-state index in [9.17, 15) is 8.78 Å². The monoisotopic (exact) mass is 171 g/mol. The standard InChI is InChI=1S/C9H9F2O/c1-6(2)12-9-4-7(10)3-8(11)5-9/h4-6H,1-2H3. The first-order valence-electron chi connectivity index (χ1n) is 3.63. The van der Waals surface area contributed by atoms with Gasteiger partial charge in [0.1, 0.15) is 17.4 Å². The van der Waals surface area contributed by atoms with Crippen molar-refractivity contribution in [2.45, 2.75) is 20.0 Å².